The van der Waals surface area contributed by atoms with Crippen LogP contribution in [0.1, 0.15) is 19.4 Å². The maximum absolute atomic E-state index is 13.5. The summed E-state index contributed by atoms with van der Waals surface area (Å²) in [4.78, 5) is -0.00120. The number of thioether (sulfide) groups is 1. The lowest BCUT2D eigenvalue weighted by molar-refractivity contribution is 0.539. The van der Waals surface area contributed by atoms with Gasteiger partial charge < -0.3 is 5.73 Å². The topological polar surface area (TPSA) is 49.9 Å². The highest BCUT2D eigenvalue weighted by molar-refractivity contribution is 7.99. The van der Waals surface area contributed by atoms with Gasteiger partial charge in [0.25, 0.3) is 0 Å². The van der Waals surface area contributed by atoms with E-state index in [9.17, 15) is 8.78 Å². The predicted molar refractivity (Wildman–Crippen MR) is 62.9 cm³/mol. The zero-order chi connectivity index (χ0) is 12.3. The Morgan fingerprint density at radius 3 is 2.25 bits per heavy atom. The summed E-state index contributed by atoms with van der Waals surface area (Å²) in [5.41, 5.74) is 5.24. The van der Waals surface area contributed by atoms with Gasteiger partial charge in [-0.15, -0.1) is 11.8 Å². The Kier molecular flexibility index (Phi) is 4.29. The SMILES string of the molecule is CC(C)CSc1c(F)cc(C(=N)N)cc1F. The quantitative estimate of drug-likeness (QED) is 0.486. The van der Waals surface area contributed by atoms with Crippen molar-refractivity contribution in [2.45, 2.75) is 18.7 Å². The van der Waals surface area contributed by atoms with E-state index in [-0.39, 0.29) is 16.3 Å². The molecule has 1 rings (SSSR count). The molecule has 5 heteroatoms. The molecule has 88 valence electrons. The van der Waals surface area contributed by atoms with Gasteiger partial charge in [-0.2, -0.15) is 0 Å². The van der Waals surface area contributed by atoms with Crippen molar-refractivity contribution in [2.24, 2.45) is 11.7 Å². The van der Waals surface area contributed by atoms with Gasteiger partial charge in [-0.25, -0.2) is 8.78 Å². The molecule has 0 aliphatic heterocycles. The van der Waals surface area contributed by atoms with E-state index in [0.29, 0.717) is 11.7 Å². The van der Waals surface area contributed by atoms with Crippen molar-refractivity contribution < 1.29 is 8.78 Å². The second-order valence-electron chi connectivity index (χ2n) is 3.89. The van der Waals surface area contributed by atoms with Crippen LogP contribution in [0.5, 0.6) is 0 Å². The van der Waals surface area contributed by atoms with Gasteiger partial charge >= 0.3 is 0 Å². The van der Waals surface area contributed by atoms with Crippen LogP contribution in [0.3, 0.4) is 0 Å². The van der Waals surface area contributed by atoms with E-state index in [0.717, 1.165) is 23.9 Å². The molecular weight excluding hydrogens is 230 g/mol. The minimum atomic E-state index is -0.657. The molecule has 16 heavy (non-hydrogen) atoms. The lowest BCUT2D eigenvalue weighted by Gasteiger charge is -2.08. The van der Waals surface area contributed by atoms with Crippen molar-refractivity contribution in [1.29, 1.82) is 5.41 Å². The van der Waals surface area contributed by atoms with Crippen molar-refractivity contribution in [3.63, 3.8) is 0 Å². The zero-order valence-electron chi connectivity index (χ0n) is 9.18. The number of nitrogens with one attached hydrogen (secondary N) is 1. The van der Waals surface area contributed by atoms with E-state index in [2.05, 4.69) is 0 Å². The summed E-state index contributed by atoms with van der Waals surface area (Å²) in [6.45, 7) is 3.96. The van der Waals surface area contributed by atoms with Crippen LogP contribution in [0.25, 0.3) is 0 Å². The summed E-state index contributed by atoms with van der Waals surface area (Å²) in [7, 11) is 0. The van der Waals surface area contributed by atoms with Gasteiger partial charge in [0.1, 0.15) is 17.5 Å². The number of nitrogen functional groups attached to an aromatic ring is 1. The Balaban J connectivity index is 2.98. The van der Waals surface area contributed by atoms with Crippen LogP contribution >= 0.6 is 11.8 Å². The monoisotopic (exact) mass is 244 g/mol. The Morgan fingerprint density at radius 2 is 1.88 bits per heavy atom. The molecule has 0 amide bonds. The van der Waals surface area contributed by atoms with Gasteiger partial charge in [0.05, 0.1) is 4.90 Å². The third kappa shape index (κ3) is 3.20. The Hall–Kier alpha value is -1.10. The second kappa shape index (κ2) is 5.30. The molecule has 0 unspecified atom stereocenters. The number of halogens is 2. The summed E-state index contributed by atoms with van der Waals surface area (Å²) in [5.74, 6) is -0.644. The van der Waals surface area contributed by atoms with Crippen molar-refractivity contribution >= 4 is 17.6 Å². The Bertz CT molecular complexity index is 382. The summed E-state index contributed by atoms with van der Waals surface area (Å²) in [6.07, 6.45) is 0. The van der Waals surface area contributed by atoms with Crippen LogP contribution in [-0.4, -0.2) is 11.6 Å². The summed E-state index contributed by atoms with van der Waals surface area (Å²) >= 11 is 1.14. The van der Waals surface area contributed by atoms with E-state index in [1.54, 1.807) is 0 Å². The van der Waals surface area contributed by atoms with Crippen molar-refractivity contribution in [1.82, 2.24) is 0 Å². The molecule has 0 bridgehead atoms. The molecule has 3 N–H and O–H groups in total. The molecule has 0 fully saturated rings. The van der Waals surface area contributed by atoms with Crippen LogP contribution in [0, 0.1) is 23.0 Å². The van der Waals surface area contributed by atoms with Crippen LogP contribution in [-0.2, 0) is 0 Å². The van der Waals surface area contributed by atoms with E-state index in [1.165, 1.54) is 0 Å². The summed E-state index contributed by atoms with van der Waals surface area (Å²) in [5, 5.41) is 7.11. The lowest BCUT2D eigenvalue weighted by Crippen LogP contribution is -2.12. The van der Waals surface area contributed by atoms with Crippen LogP contribution in [0.15, 0.2) is 17.0 Å². The summed E-state index contributed by atoms with van der Waals surface area (Å²) in [6, 6.07) is 2.18. The van der Waals surface area contributed by atoms with Gasteiger partial charge in [0.2, 0.25) is 0 Å². The number of hydrogen-bond donors (Lipinski definition) is 2. The first kappa shape index (κ1) is 13.0. The number of rotatable bonds is 4. The predicted octanol–water partition coefficient (Wildman–Crippen LogP) is 3.00. The molecule has 1 aromatic carbocycles. The molecule has 0 heterocycles. The van der Waals surface area contributed by atoms with E-state index in [4.69, 9.17) is 11.1 Å². The fraction of sp³-hybridized carbons (Fsp3) is 0.364. The molecular formula is C11H14F2N2S. The smallest absolute Gasteiger partial charge is 0.140 e. The van der Waals surface area contributed by atoms with Gasteiger partial charge in [0.15, 0.2) is 0 Å². The highest BCUT2D eigenvalue weighted by Crippen LogP contribution is 2.27. The van der Waals surface area contributed by atoms with Crippen LogP contribution in [0.4, 0.5) is 8.78 Å². The van der Waals surface area contributed by atoms with Crippen molar-refractivity contribution in [2.75, 3.05) is 5.75 Å². The highest BCUT2D eigenvalue weighted by Gasteiger charge is 2.13. The second-order valence-corrected chi connectivity index (χ2v) is 4.92. The maximum atomic E-state index is 13.5. The minimum Gasteiger partial charge on any atom is -0.384 e. The highest BCUT2D eigenvalue weighted by atomic mass is 32.2. The fourth-order valence-corrected chi connectivity index (χ4v) is 2.00. The molecule has 0 aliphatic rings. The zero-order valence-corrected chi connectivity index (χ0v) is 10.00. The van der Waals surface area contributed by atoms with Crippen LogP contribution in [0.2, 0.25) is 0 Å². The van der Waals surface area contributed by atoms with E-state index < -0.39 is 11.6 Å². The number of benzene rings is 1. The van der Waals surface area contributed by atoms with Crippen molar-refractivity contribution in [3.8, 4) is 0 Å². The first-order valence-electron chi connectivity index (χ1n) is 4.88. The largest absolute Gasteiger partial charge is 0.384 e. The molecule has 1 aromatic rings. The number of amidine groups is 1. The van der Waals surface area contributed by atoms with Gasteiger partial charge in [-0.1, -0.05) is 13.8 Å². The van der Waals surface area contributed by atoms with Crippen molar-refractivity contribution in [3.05, 3.63) is 29.3 Å². The third-order valence-corrected chi connectivity index (χ3v) is 3.38. The third-order valence-electron chi connectivity index (χ3n) is 1.87. The molecule has 0 atom stereocenters. The number of hydrogen-bond acceptors (Lipinski definition) is 2. The fourth-order valence-electron chi connectivity index (χ4n) is 1.10. The Morgan fingerprint density at radius 1 is 1.38 bits per heavy atom. The lowest BCUT2D eigenvalue weighted by atomic mass is 10.2. The van der Waals surface area contributed by atoms with Gasteiger partial charge in [-0.05, 0) is 18.1 Å². The number of nitrogens with two attached hydrogens (primary N) is 1. The molecule has 2 nitrogen and oxygen atoms in total. The normalized spacial score (nSPS) is 10.8. The molecule has 0 saturated heterocycles. The van der Waals surface area contributed by atoms with E-state index >= 15 is 0 Å². The average molecular weight is 244 g/mol. The average Bonchev–Trinajstić information content (AvgIpc) is 2.15. The minimum absolute atomic E-state index is 0.00120. The first-order chi connectivity index (χ1) is 7.41. The molecule has 0 aromatic heterocycles. The molecule has 0 saturated carbocycles. The molecule has 0 spiro atoms. The standard InChI is InChI=1S/C11H14F2N2S/c1-6(2)5-16-10-8(12)3-7(11(14)15)4-9(10)13/h3-4,6H,5H2,1-2H3,(H3,14,15). The van der Waals surface area contributed by atoms with E-state index in [1.807, 2.05) is 13.8 Å². The molecule has 0 radical (unpaired) electrons. The van der Waals surface area contributed by atoms with Gasteiger partial charge in [-0.3, -0.25) is 5.41 Å². The summed E-state index contributed by atoms with van der Waals surface area (Å²) < 4.78 is 27.0. The van der Waals surface area contributed by atoms with Crippen LogP contribution < -0.4 is 5.73 Å². The maximum Gasteiger partial charge on any atom is 0.140 e. The first-order valence-corrected chi connectivity index (χ1v) is 5.86. The molecule has 0 aliphatic carbocycles. The Labute approximate surface area is 97.7 Å². The van der Waals surface area contributed by atoms with Gasteiger partial charge in [0, 0.05) is 11.3 Å².